The molecule has 1 aromatic rings. The molecule has 0 spiro atoms. The van der Waals surface area contributed by atoms with E-state index in [4.69, 9.17) is 10.5 Å². The molecule has 2 heteroatoms. The second kappa shape index (κ2) is 6.51. The van der Waals surface area contributed by atoms with Crippen LogP contribution in [0.1, 0.15) is 12.5 Å². The maximum absolute atomic E-state index is 5.66. The lowest BCUT2D eigenvalue weighted by Gasteiger charge is -2.07. The molecule has 0 aliphatic heterocycles. The molecule has 0 aliphatic carbocycles. The van der Waals surface area contributed by atoms with Crippen molar-refractivity contribution in [3.63, 3.8) is 0 Å². The Labute approximate surface area is 96.7 Å². The summed E-state index contributed by atoms with van der Waals surface area (Å²) in [5, 5.41) is 0. The molecule has 1 rings (SSSR count). The third kappa shape index (κ3) is 3.65. The molecule has 0 bridgehead atoms. The smallest absolute Gasteiger partial charge is 0.128 e. The van der Waals surface area contributed by atoms with Crippen molar-refractivity contribution < 1.29 is 4.74 Å². The molecule has 84 valence electrons. The fourth-order valence-electron chi connectivity index (χ4n) is 1.30. The Kier molecular flexibility index (Phi) is 4.93. The minimum absolute atomic E-state index is 0.672. The van der Waals surface area contributed by atoms with Gasteiger partial charge in [0.25, 0.3) is 0 Å². The summed E-state index contributed by atoms with van der Waals surface area (Å²) < 4.78 is 5.66. The van der Waals surface area contributed by atoms with Gasteiger partial charge in [-0.25, -0.2) is 0 Å². The molecular weight excluding hydrogens is 198 g/mol. The van der Waals surface area contributed by atoms with Crippen LogP contribution in [0.5, 0.6) is 5.75 Å². The monoisotopic (exact) mass is 215 g/mol. The van der Waals surface area contributed by atoms with Crippen molar-refractivity contribution in [3.8, 4) is 5.75 Å². The minimum Gasteiger partial charge on any atom is -0.457 e. The van der Waals surface area contributed by atoms with Crippen LogP contribution in [0.25, 0.3) is 0 Å². The zero-order valence-electron chi connectivity index (χ0n) is 9.52. The summed E-state index contributed by atoms with van der Waals surface area (Å²) in [4.78, 5) is 0. The van der Waals surface area contributed by atoms with Crippen LogP contribution in [0.15, 0.2) is 61.0 Å². The molecule has 0 aliphatic rings. The van der Waals surface area contributed by atoms with Crippen molar-refractivity contribution in [3.05, 3.63) is 66.6 Å². The highest BCUT2D eigenvalue weighted by Crippen LogP contribution is 2.17. The van der Waals surface area contributed by atoms with Crippen molar-refractivity contribution in [2.45, 2.75) is 13.3 Å². The van der Waals surface area contributed by atoms with Crippen LogP contribution in [0.2, 0.25) is 0 Å². The number of nitrogens with two attached hydrogens (primary N) is 1. The summed E-state index contributed by atoms with van der Waals surface area (Å²) in [6.07, 6.45) is 7.56. The van der Waals surface area contributed by atoms with Gasteiger partial charge in [-0.05, 0) is 42.5 Å². The van der Waals surface area contributed by atoms with Gasteiger partial charge in [-0.15, -0.1) is 0 Å². The number of hydrogen-bond donors (Lipinski definition) is 1. The molecule has 0 unspecified atom stereocenters. The molecule has 0 heterocycles. The standard InChI is InChI=1S/C14H17NO/c1-3-6-13(9-10-15)16-14-8-5-7-12(4-2)11-14/h3,5-11H,1,4,15H2,2H3/b10-9-,13-6+. The Morgan fingerprint density at radius 1 is 1.50 bits per heavy atom. The SMILES string of the molecule is C=C/C=C(\C=C/N)Oc1cccc(CC)c1. The molecule has 1 aromatic carbocycles. The molecule has 16 heavy (non-hydrogen) atoms. The summed E-state index contributed by atoms with van der Waals surface area (Å²) in [6.45, 7) is 5.74. The van der Waals surface area contributed by atoms with E-state index in [0.717, 1.165) is 12.2 Å². The number of benzene rings is 1. The Bertz CT molecular complexity index is 405. The molecule has 0 radical (unpaired) electrons. The highest BCUT2D eigenvalue weighted by atomic mass is 16.5. The molecule has 0 atom stereocenters. The van der Waals surface area contributed by atoms with Gasteiger partial charge in [0.05, 0.1) is 0 Å². The van der Waals surface area contributed by atoms with E-state index in [-0.39, 0.29) is 0 Å². The predicted octanol–water partition coefficient (Wildman–Crippen LogP) is 3.17. The highest BCUT2D eigenvalue weighted by Gasteiger charge is 1.97. The summed E-state index contributed by atoms with van der Waals surface area (Å²) in [5.41, 5.74) is 6.58. The van der Waals surface area contributed by atoms with Crippen LogP contribution in [0.3, 0.4) is 0 Å². The van der Waals surface area contributed by atoms with E-state index in [9.17, 15) is 0 Å². The molecule has 0 saturated heterocycles. The fraction of sp³-hybridized carbons (Fsp3) is 0.143. The summed E-state index contributed by atoms with van der Waals surface area (Å²) in [5.74, 6) is 1.48. The van der Waals surface area contributed by atoms with E-state index < -0.39 is 0 Å². The van der Waals surface area contributed by atoms with Crippen molar-refractivity contribution in [2.75, 3.05) is 0 Å². The van der Waals surface area contributed by atoms with Crippen molar-refractivity contribution in [2.24, 2.45) is 5.73 Å². The molecule has 0 saturated carbocycles. The summed E-state index contributed by atoms with van der Waals surface area (Å²) >= 11 is 0. The van der Waals surface area contributed by atoms with Gasteiger partial charge in [-0.3, -0.25) is 0 Å². The molecule has 0 aromatic heterocycles. The van der Waals surface area contributed by atoms with Crippen LogP contribution < -0.4 is 10.5 Å². The lowest BCUT2D eigenvalue weighted by atomic mass is 10.2. The Balaban J connectivity index is 2.84. The molecular formula is C14H17NO. The van der Waals surface area contributed by atoms with Crippen molar-refractivity contribution >= 4 is 0 Å². The Hall–Kier alpha value is -1.96. The first-order chi connectivity index (χ1) is 7.80. The number of aryl methyl sites for hydroxylation is 1. The third-order valence-corrected chi connectivity index (χ3v) is 2.09. The van der Waals surface area contributed by atoms with Crippen molar-refractivity contribution in [1.29, 1.82) is 0 Å². The first kappa shape index (κ1) is 12.1. The topological polar surface area (TPSA) is 35.2 Å². The molecule has 0 amide bonds. The lowest BCUT2D eigenvalue weighted by Crippen LogP contribution is -1.94. The Morgan fingerprint density at radius 3 is 2.94 bits per heavy atom. The maximum atomic E-state index is 5.66. The molecule has 0 fully saturated rings. The average Bonchev–Trinajstić information content (AvgIpc) is 2.30. The van der Waals surface area contributed by atoms with E-state index >= 15 is 0 Å². The van der Waals surface area contributed by atoms with Crippen LogP contribution in [-0.2, 0) is 6.42 Å². The van der Waals surface area contributed by atoms with E-state index in [1.54, 1.807) is 18.2 Å². The summed E-state index contributed by atoms with van der Waals surface area (Å²) in [6, 6.07) is 7.98. The first-order valence-electron chi connectivity index (χ1n) is 5.28. The lowest BCUT2D eigenvalue weighted by molar-refractivity contribution is 0.444. The van der Waals surface area contributed by atoms with Gasteiger partial charge in [-0.2, -0.15) is 0 Å². The van der Waals surface area contributed by atoms with Crippen molar-refractivity contribution in [1.82, 2.24) is 0 Å². The second-order valence-electron chi connectivity index (χ2n) is 3.27. The number of allylic oxidation sites excluding steroid dienone is 3. The largest absolute Gasteiger partial charge is 0.457 e. The van der Waals surface area contributed by atoms with Crippen LogP contribution in [0, 0.1) is 0 Å². The normalized spacial score (nSPS) is 11.7. The van der Waals surface area contributed by atoms with Gasteiger partial charge in [-0.1, -0.05) is 31.7 Å². The molecule has 2 nitrogen and oxygen atoms in total. The van der Waals surface area contributed by atoms with E-state index in [0.29, 0.717) is 5.76 Å². The zero-order valence-corrected chi connectivity index (χ0v) is 9.52. The second-order valence-corrected chi connectivity index (χ2v) is 3.27. The van der Waals surface area contributed by atoms with Gasteiger partial charge in [0.15, 0.2) is 0 Å². The van der Waals surface area contributed by atoms with Crippen LogP contribution in [-0.4, -0.2) is 0 Å². The van der Waals surface area contributed by atoms with Gasteiger partial charge < -0.3 is 10.5 Å². The van der Waals surface area contributed by atoms with Crippen LogP contribution >= 0.6 is 0 Å². The third-order valence-electron chi connectivity index (χ3n) is 2.09. The van der Waals surface area contributed by atoms with Gasteiger partial charge in [0.2, 0.25) is 0 Å². The number of hydrogen-bond acceptors (Lipinski definition) is 2. The van der Waals surface area contributed by atoms with E-state index in [1.807, 2.05) is 18.2 Å². The number of rotatable bonds is 5. The zero-order chi connectivity index (χ0) is 11.8. The summed E-state index contributed by atoms with van der Waals surface area (Å²) in [7, 11) is 0. The first-order valence-corrected chi connectivity index (χ1v) is 5.28. The fourth-order valence-corrected chi connectivity index (χ4v) is 1.30. The Morgan fingerprint density at radius 2 is 2.31 bits per heavy atom. The quantitative estimate of drug-likeness (QED) is 0.605. The highest BCUT2D eigenvalue weighted by molar-refractivity contribution is 5.32. The van der Waals surface area contributed by atoms with Crippen LogP contribution in [0.4, 0.5) is 0 Å². The number of ether oxygens (including phenoxy) is 1. The molecule has 2 N–H and O–H groups in total. The van der Waals surface area contributed by atoms with Gasteiger partial charge >= 0.3 is 0 Å². The van der Waals surface area contributed by atoms with E-state index in [2.05, 4.69) is 19.6 Å². The average molecular weight is 215 g/mol. The predicted molar refractivity (Wildman–Crippen MR) is 68.1 cm³/mol. The van der Waals surface area contributed by atoms with Gasteiger partial charge in [0, 0.05) is 0 Å². The van der Waals surface area contributed by atoms with E-state index in [1.165, 1.54) is 11.8 Å². The minimum atomic E-state index is 0.672. The maximum Gasteiger partial charge on any atom is 0.128 e. The van der Waals surface area contributed by atoms with Gasteiger partial charge in [0.1, 0.15) is 11.5 Å².